The number of carbonyl (C=O) groups excluding carboxylic acids is 1. The molecular formula is C8H8F2N2OS. The van der Waals surface area contributed by atoms with E-state index in [-0.39, 0.29) is 6.42 Å². The van der Waals surface area contributed by atoms with E-state index < -0.39 is 17.7 Å². The molecule has 1 aromatic rings. The number of amides is 1. The van der Waals surface area contributed by atoms with Crippen molar-refractivity contribution in [3.63, 3.8) is 0 Å². The van der Waals surface area contributed by atoms with Crippen LogP contribution in [0.3, 0.4) is 0 Å². The molecule has 6 heteroatoms. The Labute approximate surface area is 83.2 Å². The van der Waals surface area contributed by atoms with E-state index in [2.05, 4.69) is 10.3 Å². The molecule has 3 nitrogen and oxygen atoms in total. The molecule has 1 aliphatic rings. The summed E-state index contributed by atoms with van der Waals surface area (Å²) in [6.45, 7) is 1.72. The van der Waals surface area contributed by atoms with Gasteiger partial charge in [0.15, 0.2) is 0 Å². The van der Waals surface area contributed by atoms with Gasteiger partial charge in [-0.1, -0.05) is 0 Å². The summed E-state index contributed by atoms with van der Waals surface area (Å²) >= 11 is 1.24. The molecule has 0 saturated heterocycles. The summed E-state index contributed by atoms with van der Waals surface area (Å²) in [6.07, 6.45) is -0.337. The Morgan fingerprint density at radius 2 is 2.43 bits per heavy atom. The van der Waals surface area contributed by atoms with Crippen molar-refractivity contribution in [1.29, 1.82) is 0 Å². The molecule has 2 rings (SSSR count). The first-order chi connectivity index (χ1) is 6.50. The number of aryl methyl sites for hydroxylation is 1. The van der Waals surface area contributed by atoms with Gasteiger partial charge in [0, 0.05) is 6.42 Å². The third-order valence-electron chi connectivity index (χ3n) is 2.12. The Bertz CT molecular complexity index is 377. The van der Waals surface area contributed by atoms with Crippen LogP contribution in [0.25, 0.3) is 0 Å². The third kappa shape index (κ3) is 1.61. The Hall–Kier alpha value is -1.04. The van der Waals surface area contributed by atoms with E-state index in [1.807, 2.05) is 0 Å². The van der Waals surface area contributed by atoms with Crippen LogP contribution in [0.4, 0.5) is 13.8 Å². The van der Waals surface area contributed by atoms with Gasteiger partial charge in [-0.2, -0.15) is 0 Å². The average molecular weight is 218 g/mol. The molecule has 1 aliphatic carbocycles. The lowest BCUT2D eigenvalue weighted by Crippen LogP contribution is -2.17. The van der Waals surface area contributed by atoms with E-state index >= 15 is 0 Å². The SMILES string of the molecule is Cc1ncsc1NC(=O)C1CC1(F)F. The highest BCUT2D eigenvalue weighted by Gasteiger charge is 2.61. The Kier molecular flexibility index (Phi) is 2.02. The second kappa shape index (κ2) is 2.98. The summed E-state index contributed by atoms with van der Waals surface area (Å²) in [6, 6.07) is 0. The van der Waals surface area contributed by atoms with E-state index in [1.54, 1.807) is 12.4 Å². The molecule has 1 fully saturated rings. The van der Waals surface area contributed by atoms with E-state index in [9.17, 15) is 13.6 Å². The summed E-state index contributed by atoms with van der Waals surface area (Å²) in [5.41, 5.74) is 2.23. The highest BCUT2D eigenvalue weighted by Crippen LogP contribution is 2.49. The highest BCUT2D eigenvalue weighted by atomic mass is 32.1. The maximum absolute atomic E-state index is 12.5. The van der Waals surface area contributed by atoms with Gasteiger partial charge in [-0.3, -0.25) is 4.79 Å². The summed E-state index contributed by atoms with van der Waals surface area (Å²) in [4.78, 5) is 15.1. The lowest BCUT2D eigenvalue weighted by Gasteiger charge is -2.01. The minimum Gasteiger partial charge on any atom is -0.316 e. The molecule has 0 bridgehead atoms. The molecule has 1 atom stereocenters. The van der Waals surface area contributed by atoms with Gasteiger partial charge in [0.05, 0.1) is 11.2 Å². The van der Waals surface area contributed by atoms with Crippen LogP contribution in [0.2, 0.25) is 0 Å². The Morgan fingerprint density at radius 1 is 1.79 bits per heavy atom. The number of thiazole rings is 1. The van der Waals surface area contributed by atoms with Crippen molar-refractivity contribution in [2.24, 2.45) is 5.92 Å². The topological polar surface area (TPSA) is 42.0 Å². The standard InChI is InChI=1S/C8H8F2N2OS/c1-4-7(14-3-11-4)12-6(13)5-2-8(5,9)10/h3,5H,2H2,1H3,(H,12,13). The summed E-state index contributed by atoms with van der Waals surface area (Å²) in [7, 11) is 0. The van der Waals surface area contributed by atoms with Crippen molar-refractivity contribution < 1.29 is 13.6 Å². The first kappa shape index (κ1) is 9.51. The van der Waals surface area contributed by atoms with Crippen LogP contribution in [0.15, 0.2) is 5.51 Å². The van der Waals surface area contributed by atoms with E-state index in [4.69, 9.17) is 0 Å². The molecule has 0 spiro atoms. The fourth-order valence-electron chi connectivity index (χ4n) is 1.12. The zero-order valence-electron chi connectivity index (χ0n) is 7.38. The van der Waals surface area contributed by atoms with Gasteiger partial charge in [-0.25, -0.2) is 13.8 Å². The molecule has 0 aliphatic heterocycles. The largest absolute Gasteiger partial charge is 0.316 e. The molecule has 14 heavy (non-hydrogen) atoms. The minimum atomic E-state index is -2.80. The number of rotatable bonds is 2. The molecule has 0 aromatic carbocycles. The van der Waals surface area contributed by atoms with Crippen LogP contribution in [0.1, 0.15) is 12.1 Å². The summed E-state index contributed by atoms with van der Waals surface area (Å²) in [5, 5.41) is 3.00. The number of nitrogens with one attached hydrogen (secondary N) is 1. The first-order valence-corrected chi connectivity index (χ1v) is 4.97. The highest BCUT2D eigenvalue weighted by molar-refractivity contribution is 7.14. The molecule has 1 amide bonds. The number of hydrogen-bond donors (Lipinski definition) is 1. The molecule has 1 aromatic heterocycles. The van der Waals surface area contributed by atoms with Crippen LogP contribution in [-0.4, -0.2) is 16.8 Å². The van der Waals surface area contributed by atoms with Crippen LogP contribution >= 0.6 is 11.3 Å². The second-order valence-corrected chi connectivity index (χ2v) is 4.13. The fraction of sp³-hybridized carbons (Fsp3) is 0.500. The van der Waals surface area contributed by atoms with E-state index in [0.717, 1.165) is 0 Å². The normalized spacial score (nSPS) is 23.2. The average Bonchev–Trinajstić information content (AvgIpc) is 2.54. The van der Waals surface area contributed by atoms with Crippen molar-refractivity contribution in [3.05, 3.63) is 11.2 Å². The van der Waals surface area contributed by atoms with Crippen molar-refractivity contribution in [2.75, 3.05) is 5.32 Å². The van der Waals surface area contributed by atoms with Crippen LogP contribution in [0.5, 0.6) is 0 Å². The molecule has 1 heterocycles. The van der Waals surface area contributed by atoms with Crippen LogP contribution in [-0.2, 0) is 4.79 Å². The molecular weight excluding hydrogens is 210 g/mol. The van der Waals surface area contributed by atoms with Crippen LogP contribution in [0, 0.1) is 12.8 Å². The van der Waals surface area contributed by atoms with Gasteiger partial charge in [-0.15, -0.1) is 11.3 Å². The van der Waals surface area contributed by atoms with Gasteiger partial charge in [0.1, 0.15) is 10.9 Å². The summed E-state index contributed by atoms with van der Waals surface area (Å²) < 4.78 is 25.0. The maximum atomic E-state index is 12.5. The lowest BCUT2D eigenvalue weighted by molar-refractivity contribution is -0.119. The maximum Gasteiger partial charge on any atom is 0.260 e. The summed E-state index contributed by atoms with van der Waals surface area (Å²) in [5.74, 6) is -4.56. The van der Waals surface area contributed by atoms with Gasteiger partial charge < -0.3 is 5.32 Å². The predicted octanol–water partition coefficient (Wildman–Crippen LogP) is 2.05. The quantitative estimate of drug-likeness (QED) is 0.825. The van der Waals surface area contributed by atoms with E-state index in [0.29, 0.717) is 10.7 Å². The Balaban J connectivity index is 2.00. The van der Waals surface area contributed by atoms with Gasteiger partial charge in [-0.05, 0) is 6.92 Å². The number of alkyl halides is 2. The number of aromatic nitrogens is 1. The smallest absolute Gasteiger partial charge is 0.260 e. The van der Waals surface area contributed by atoms with Crippen molar-refractivity contribution in [3.8, 4) is 0 Å². The van der Waals surface area contributed by atoms with Crippen LogP contribution < -0.4 is 5.32 Å². The second-order valence-electron chi connectivity index (χ2n) is 3.27. The molecule has 1 N–H and O–H groups in total. The van der Waals surface area contributed by atoms with Crippen molar-refractivity contribution >= 4 is 22.2 Å². The van der Waals surface area contributed by atoms with Gasteiger partial charge in [0.2, 0.25) is 5.91 Å². The predicted molar refractivity (Wildman–Crippen MR) is 48.5 cm³/mol. The fourth-order valence-corrected chi connectivity index (χ4v) is 1.82. The lowest BCUT2D eigenvalue weighted by atomic mass is 10.4. The zero-order chi connectivity index (χ0) is 10.3. The number of carbonyl (C=O) groups is 1. The minimum absolute atomic E-state index is 0.337. The van der Waals surface area contributed by atoms with Gasteiger partial charge in [0.25, 0.3) is 5.92 Å². The van der Waals surface area contributed by atoms with Crippen molar-refractivity contribution in [1.82, 2.24) is 4.98 Å². The molecule has 0 radical (unpaired) electrons. The number of nitrogens with zero attached hydrogens (tertiary/aromatic N) is 1. The molecule has 76 valence electrons. The Morgan fingerprint density at radius 3 is 2.86 bits per heavy atom. The van der Waals surface area contributed by atoms with E-state index in [1.165, 1.54) is 11.3 Å². The number of hydrogen-bond acceptors (Lipinski definition) is 3. The monoisotopic (exact) mass is 218 g/mol. The number of halogens is 2. The molecule has 1 saturated carbocycles. The van der Waals surface area contributed by atoms with Gasteiger partial charge >= 0.3 is 0 Å². The third-order valence-corrected chi connectivity index (χ3v) is 2.97. The molecule has 1 unspecified atom stereocenters. The zero-order valence-corrected chi connectivity index (χ0v) is 8.20. The van der Waals surface area contributed by atoms with Crippen molar-refractivity contribution in [2.45, 2.75) is 19.3 Å². The first-order valence-electron chi connectivity index (χ1n) is 4.09. The number of anilines is 1.